The molecule has 0 spiro atoms. The minimum Gasteiger partial charge on any atom is -0.463 e. The first kappa shape index (κ1) is 15.9. The van der Waals surface area contributed by atoms with Crippen LogP contribution in [0.15, 0.2) is 0 Å². The van der Waals surface area contributed by atoms with E-state index in [1.54, 1.807) is 0 Å². The number of epoxide rings is 1. The third-order valence-corrected chi connectivity index (χ3v) is 8.85. The van der Waals surface area contributed by atoms with E-state index in [-0.39, 0.29) is 18.0 Å². The molecule has 1 saturated heterocycles. The first-order valence-electron chi connectivity index (χ1n) is 6.57. The number of carbonyl (C=O) groups is 1. The molecule has 0 radical (unpaired) electrons. The lowest BCUT2D eigenvalue weighted by Gasteiger charge is -2.32. The maximum absolute atomic E-state index is 11.8. The molecule has 0 aromatic heterocycles. The lowest BCUT2D eigenvalue weighted by molar-refractivity contribution is -0.147. The van der Waals surface area contributed by atoms with Crippen LogP contribution in [0.2, 0.25) is 38.8 Å². The Labute approximate surface area is 112 Å². The first-order chi connectivity index (χ1) is 8.09. The molecule has 6 heteroatoms. The summed E-state index contributed by atoms with van der Waals surface area (Å²) in [6, 6.07) is 0.821. The summed E-state index contributed by atoms with van der Waals surface area (Å²) in [4.78, 5) is 11.8. The van der Waals surface area contributed by atoms with Crippen LogP contribution in [0.3, 0.4) is 0 Å². The second-order valence-corrected chi connectivity index (χ2v) is 15.6. The zero-order chi connectivity index (χ0) is 14.0. The molecular formula is C12H26O4Si2. The van der Waals surface area contributed by atoms with Crippen molar-refractivity contribution >= 4 is 22.6 Å². The number of rotatable bonds is 7. The number of esters is 1. The molecule has 1 fully saturated rings. The number of carbonyl (C=O) groups excluding carboxylic acids is 1. The third-order valence-electron chi connectivity index (χ3n) is 2.60. The van der Waals surface area contributed by atoms with Gasteiger partial charge in [-0.05, 0) is 38.8 Å². The van der Waals surface area contributed by atoms with Crippen LogP contribution < -0.4 is 0 Å². The SMILES string of the molecule is CC(C[Si](C)(C)O[Si](C)(C)C)C(=O)OCC1CO1. The third kappa shape index (κ3) is 6.68. The topological polar surface area (TPSA) is 48.1 Å². The standard InChI is InChI=1S/C12H26O4Si2/c1-10(12(13)15-8-11-7-14-11)9-18(5,6)16-17(2,3)4/h10-11H,7-9H2,1-6H3. The van der Waals surface area contributed by atoms with Crippen molar-refractivity contribution in [3.63, 3.8) is 0 Å². The second kappa shape index (κ2) is 5.85. The van der Waals surface area contributed by atoms with Crippen molar-refractivity contribution in [1.82, 2.24) is 0 Å². The van der Waals surface area contributed by atoms with Gasteiger partial charge in [0.25, 0.3) is 0 Å². The summed E-state index contributed by atoms with van der Waals surface area (Å²) < 4.78 is 16.5. The Morgan fingerprint density at radius 3 is 2.33 bits per heavy atom. The van der Waals surface area contributed by atoms with Gasteiger partial charge >= 0.3 is 5.97 Å². The van der Waals surface area contributed by atoms with Crippen LogP contribution in [0.4, 0.5) is 0 Å². The van der Waals surface area contributed by atoms with Gasteiger partial charge in [0, 0.05) is 0 Å². The highest BCUT2D eigenvalue weighted by atomic mass is 28.4. The van der Waals surface area contributed by atoms with E-state index in [0.29, 0.717) is 6.61 Å². The van der Waals surface area contributed by atoms with Crippen LogP contribution >= 0.6 is 0 Å². The summed E-state index contributed by atoms with van der Waals surface area (Å²) in [6.07, 6.45) is 0.143. The van der Waals surface area contributed by atoms with Crippen molar-refractivity contribution < 1.29 is 18.4 Å². The van der Waals surface area contributed by atoms with E-state index in [0.717, 1.165) is 12.7 Å². The lowest BCUT2D eigenvalue weighted by atomic mass is 10.2. The summed E-state index contributed by atoms with van der Waals surface area (Å²) in [5.41, 5.74) is 0. The highest BCUT2D eigenvalue weighted by molar-refractivity contribution is 6.84. The highest BCUT2D eigenvalue weighted by Gasteiger charge is 2.34. The molecule has 0 aromatic rings. The van der Waals surface area contributed by atoms with E-state index >= 15 is 0 Å². The molecule has 0 bridgehead atoms. The molecule has 0 aromatic carbocycles. The Morgan fingerprint density at radius 2 is 1.89 bits per heavy atom. The summed E-state index contributed by atoms with van der Waals surface area (Å²) in [5, 5.41) is 0. The molecule has 0 amide bonds. The lowest BCUT2D eigenvalue weighted by Crippen LogP contribution is -2.44. The van der Waals surface area contributed by atoms with Crippen LogP contribution in [-0.4, -0.2) is 41.9 Å². The van der Waals surface area contributed by atoms with Gasteiger partial charge in [0.05, 0.1) is 12.5 Å². The molecular weight excluding hydrogens is 264 g/mol. The van der Waals surface area contributed by atoms with Crippen LogP contribution in [0, 0.1) is 5.92 Å². The Balaban J connectivity index is 2.36. The minimum atomic E-state index is -1.78. The van der Waals surface area contributed by atoms with Crippen molar-refractivity contribution in [2.24, 2.45) is 5.92 Å². The van der Waals surface area contributed by atoms with E-state index in [9.17, 15) is 4.79 Å². The highest BCUT2D eigenvalue weighted by Crippen LogP contribution is 2.23. The molecule has 1 heterocycles. The van der Waals surface area contributed by atoms with Gasteiger partial charge in [-0.15, -0.1) is 0 Å². The fourth-order valence-electron chi connectivity index (χ4n) is 2.17. The van der Waals surface area contributed by atoms with Crippen molar-refractivity contribution in [3.05, 3.63) is 0 Å². The zero-order valence-electron chi connectivity index (χ0n) is 12.4. The van der Waals surface area contributed by atoms with Crippen molar-refractivity contribution in [1.29, 1.82) is 0 Å². The fourth-order valence-corrected chi connectivity index (χ4v) is 10.8. The Hall–Kier alpha value is -0.176. The summed E-state index contributed by atoms with van der Waals surface area (Å²) in [7, 11) is -3.31. The zero-order valence-corrected chi connectivity index (χ0v) is 14.4. The van der Waals surface area contributed by atoms with Gasteiger partial charge in [0.1, 0.15) is 12.7 Å². The maximum Gasteiger partial charge on any atom is 0.308 e. The molecule has 0 aliphatic carbocycles. The average molecular weight is 291 g/mol. The van der Waals surface area contributed by atoms with Gasteiger partial charge < -0.3 is 13.6 Å². The molecule has 1 rings (SSSR count). The number of ether oxygens (including phenoxy) is 2. The van der Waals surface area contributed by atoms with E-state index < -0.39 is 16.6 Å². The van der Waals surface area contributed by atoms with Gasteiger partial charge in [-0.3, -0.25) is 4.79 Å². The molecule has 106 valence electrons. The normalized spacial score (nSPS) is 21.6. The summed E-state index contributed by atoms with van der Waals surface area (Å²) in [5.74, 6) is -0.202. The molecule has 0 N–H and O–H groups in total. The summed E-state index contributed by atoms with van der Waals surface area (Å²) >= 11 is 0. The van der Waals surface area contributed by atoms with Crippen LogP contribution in [0.1, 0.15) is 6.92 Å². The van der Waals surface area contributed by atoms with E-state index in [1.165, 1.54) is 0 Å². The molecule has 1 aliphatic heterocycles. The van der Waals surface area contributed by atoms with Gasteiger partial charge in [-0.1, -0.05) is 6.92 Å². The maximum atomic E-state index is 11.8. The Bertz CT molecular complexity index is 295. The number of hydrogen-bond donors (Lipinski definition) is 0. The quantitative estimate of drug-likeness (QED) is 0.411. The molecule has 2 unspecified atom stereocenters. The van der Waals surface area contributed by atoms with E-state index in [4.69, 9.17) is 13.6 Å². The van der Waals surface area contributed by atoms with Crippen LogP contribution in [0.5, 0.6) is 0 Å². The molecule has 4 nitrogen and oxygen atoms in total. The molecule has 0 saturated carbocycles. The van der Waals surface area contributed by atoms with Crippen LogP contribution in [0.25, 0.3) is 0 Å². The molecule has 2 atom stereocenters. The summed E-state index contributed by atoms with van der Waals surface area (Å²) in [6.45, 7) is 14.0. The van der Waals surface area contributed by atoms with Crippen molar-refractivity contribution in [2.75, 3.05) is 13.2 Å². The van der Waals surface area contributed by atoms with E-state index in [1.807, 2.05) is 6.92 Å². The second-order valence-electron chi connectivity index (χ2n) is 6.66. The molecule has 18 heavy (non-hydrogen) atoms. The Kier molecular flexibility index (Phi) is 5.17. The average Bonchev–Trinajstić information content (AvgIpc) is 2.92. The largest absolute Gasteiger partial charge is 0.463 e. The van der Waals surface area contributed by atoms with Gasteiger partial charge in [-0.25, -0.2) is 0 Å². The first-order valence-corrected chi connectivity index (χ1v) is 13.1. The fraction of sp³-hybridized carbons (Fsp3) is 0.917. The van der Waals surface area contributed by atoms with Crippen molar-refractivity contribution in [3.8, 4) is 0 Å². The predicted octanol–water partition coefficient (Wildman–Crippen LogP) is 2.62. The van der Waals surface area contributed by atoms with Crippen molar-refractivity contribution in [2.45, 2.75) is 51.8 Å². The van der Waals surface area contributed by atoms with Crippen LogP contribution in [-0.2, 0) is 18.4 Å². The molecule has 1 aliphatic rings. The van der Waals surface area contributed by atoms with Gasteiger partial charge in [0.2, 0.25) is 0 Å². The monoisotopic (exact) mass is 290 g/mol. The van der Waals surface area contributed by atoms with Gasteiger partial charge in [-0.2, -0.15) is 0 Å². The van der Waals surface area contributed by atoms with Gasteiger partial charge in [0.15, 0.2) is 16.6 Å². The predicted molar refractivity (Wildman–Crippen MR) is 76.6 cm³/mol. The van der Waals surface area contributed by atoms with E-state index in [2.05, 4.69) is 32.7 Å². The minimum absolute atomic E-state index is 0.0817. The Morgan fingerprint density at radius 1 is 1.33 bits per heavy atom. The number of hydrogen-bond acceptors (Lipinski definition) is 4. The smallest absolute Gasteiger partial charge is 0.308 e.